The van der Waals surface area contributed by atoms with Crippen molar-refractivity contribution in [2.45, 2.75) is 0 Å². The zero-order valence-corrected chi connectivity index (χ0v) is 11.8. The van der Waals surface area contributed by atoms with Crippen molar-refractivity contribution in [1.82, 2.24) is 0 Å². The lowest BCUT2D eigenvalue weighted by Crippen LogP contribution is -1.90. The quantitative estimate of drug-likeness (QED) is 0.476. The predicted molar refractivity (Wildman–Crippen MR) is 81.6 cm³/mol. The second-order valence-corrected chi connectivity index (χ2v) is 4.30. The Kier molecular flexibility index (Phi) is 4.56. The summed E-state index contributed by atoms with van der Waals surface area (Å²) in [6, 6.07) is 12.0. The second-order valence-electron chi connectivity index (χ2n) is 4.30. The Bertz CT molecular complexity index is 657. The Morgan fingerprint density at radius 1 is 1.00 bits per heavy atom. The first-order valence-corrected chi connectivity index (χ1v) is 6.28. The molecule has 0 radical (unpaired) electrons. The molecule has 21 heavy (non-hydrogen) atoms. The van der Waals surface area contributed by atoms with E-state index in [9.17, 15) is 10.1 Å². The highest BCUT2D eigenvalue weighted by atomic mass is 16.6. The van der Waals surface area contributed by atoms with Crippen LogP contribution in [0.2, 0.25) is 0 Å². The molecule has 0 amide bonds. The van der Waals surface area contributed by atoms with Crippen molar-refractivity contribution in [2.75, 3.05) is 14.2 Å². The molecule has 2 rings (SSSR count). The van der Waals surface area contributed by atoms with Crippen molar-refractivity contribution in [3.63, 3.8) is 0 Å². The number of benzene rings is 2. The van der Waals surface area contributed by atoms with Crippen LogP contribution in [0.15, 0.2) is 42.5 Å². The molecule has 0 heterocycles. The van der Waals surface area contributed by atoms with Gasteiger partial charge in [0.2, 0.25) is 0 Å². The standard InChI is InChI=1S/C16H15NO4/c1-20-14-9-12(10-15(11-14)21-2)7-8-13-5-3-4-6-16(13)17(18)19/h3-11H,1-2H3/b8-7+. The Morgan fingerprint density at radius 2 is 1.62 bits per heavy atom. The number of rotatable bonds is 5. The number of para-hydroxylation sites is 1. The Labute approximate surface area is 122 Å². The molecule has 0 aliphatic carbocycles. The Morgan fingerprint density at radius 3 is 2.19 bits per heavy atom. The van der Waals surface area contributed by atoms with Gasteiger partial charge in [0.25, 0.3) is 5.69 Å². The number of nitrogens with zero attached hydrogens (tertiary/aromatic N) is 1. The molecule has 0 bridgehead atoms. The van der Waals surface area contributed by atoms with E-state index in [4.69, 9.17) is 9.47 Å². The lowest BCUT2D eigenvalue weighted by Gasteiger charge is -2.05. The van der Waals surface area contributed by atoms with Crippen molar-refractivity contribution < 1.29 is 14.4 Å². The van der Waals surface area contributed by atoms with E-state index in [1.54, 1.807) is 50.6 Å². The molecule has 5 nitrogen and oxygen atoms in total. The van der Waals surface area contributed by atoms with Crippen LogP contribution in [0.1, 0.15) is 11.1 Å². The highest BCUT2D eigenvalue weighted by Crippen LogP contribution is 2.25. The largest absolute Gasteiger partial charge is 0.497 e. The van der Waals surface area contributed by atoms with Gasteiger partial charge in [0.05, 0.1) is 24.7 Å². The van der Waals surface area contributed by atoms with Crippen LogP contribution in [0.5, 0.6) is 11.5 Å². The van der Waals surface area contributed by atoms with Gasteiger partial charge in [-0.25, -0.2) is 0 Å². The highest BCUT2D eigenvalue weighted by molar-refractivity contribution is 5.75. The van der Waals surface area contributed by atoms with Crippen LogP contribution < -0.4 is 9.47 Å². The third-order valence-electron chi connectivity index (χ3n) is 2.96. The fourth-order valence-electron chi connectivity index (χ4n) is 1.91. The summed E-state index contributed by atoms with van der Waals surface area (Å²) in [4.78, 5) is 10.6. The van der Waals surface area contributed by atoms with Gasteiger partial charge >= 0.3 is 0 Å². The van der Waals surface area contributed by atoms with Gasteiger partial charge in [-0.1, -0.05) is 18.2 Å². The van der Waals surface area contributed by atoms with Crippen LogP contribution in [0.3, 0.4) is 0 Å². The minimum absolute atomic E-state index is 0.0728. The summed E-state index contributed by atoms with van der Waals surface area (Å²) < 4.78 is 10.4. The molecule has 0 aliphatic heterocycles. The minimum Gasteiger partial charge on any atom is -0.497 e. The van der Waals surface area contributed by atoms with Crippen LogP contribution in [-0.2, 0) is 0 Å². The number of hydrogen-bond donors (Lipinski definition) is 0. The maximum atomic E-state index is 11.0. The van der Waals surface area contributed by atoms with E-state index in [-0.39, 0.29) is 5.69 Å². The van der Waals surface area contributed by atoms with Crippen molar-refractivity contribution >= 4 is 17.8 Å². The van der Waals surface area contributed by atoms with Gasteiger partial charge in [0.15, 0.2) is 0 Å². The molecular formula is C16H15NO4. The second kappa shape index (κ2) is 6.56. The summed E-state index contributed by atoms with van der Waals surface area (Å²) in [5, 5.41) is 11.0. The topological polar surface area (TPSA) is 61.6 Å². The van der Waals surface area contributed by atoms with Crippen molar-refractivity contribution in [3.05, 3.63) is 63.7 Å². The molecule has 2 aromatic rings. The predicted octanol–water partition coefficient (Wildman–Crippen LogP) is 3.78. The molecule has 0 aliphatic rings. The summed E-state index contributed by atoms with van der Waals surface area (Å²) in [5.74, 6) is 1.33. The average molecular weight is 285 g/mol. The molecule has 0 saturated carbocycles. The summed E-state index contributed by atoms with van der Waals surface area (Å²) >= 11 is 0. The summed E-state index contributed by atoms with van der Waals surface area (Å²) in [7, 11) is 3.15. The summed E-state index contributed by atoms with van der Waals surface area (Å²) in [6.07, 6.45) is 3.49. The van der Waals surface area contributed by atoms with E-state index in [1.165, 1.54) is 6.07 Å². The molecule has 0 fully saturated rings. The van der Waals surface area contributed by atoms with Crippen molar-refractivity contribution in [3.8, 4) is 11.5 Å². The van der Waals surface area contributed by atoms with Gasteiger partial charge in [-0.05, 0) is 29.8 Å². The number of ether oxygens (including phenoxy) is 2. The van der Waals surface area contributed by atoms with E-state index in [0.29, 0.717) is 17.1 Å². The zero-order valence-electron chi connectivity index (χ0n) is 11.8. The van der Waals surface area contributed by atoms with Crippen LogP contribution in [-0.4, -0.2) is 19.1 Å². The molecule has 0 N–H and O–H groups in total. The van der Waals surface area contributed by atoms with Crippen LogP contribution in [0.4, 0.5) is 5.69 Å². The monoisotopic (exact) mass is 285 g/mol. The first-order chi connectivity index (χ1) is 10.1. The third-order valence-corrected chi connectivity index (χ3v) is 2.96. The summed E-state index contributed by atoms with van der Waals surface area (Å²) in [5.41, 5.74) is 1.46. The van der Waals surface area contributed by atoms with Gasteiger partial charge in [-0.2, -0.15) is 0 Å². The number of hydrogen-bond acceptors (Lipinski definition) is 4. The lowest BCUT2D eigenvalue weighted by molar-refractivity contribution is -0.385. The van der Waals surface area contributed by atoms with E-state index in [2.05, 4.69) is 0 Å². The van der Waals surface area contributed by atoms with Crippen LogP contribution >= 0.6 is 0 Å². The maximum absolute atomic E-state index is 11.0. The first kappa shape index (κ1) is 14.6. The molecule has 0 spiro atoms. The van der Waals surface area contributed by atoms with E-state index >= 15 is 0 Å². The van der Waals surface area contributed by atoms with E-state index in [0.717, 1.165) is 5.56 Å². The zero-order chi connectivity index (χ0) is 15.2. The minimum atomic E-state index is -0.397. The van der Waals surface area contributed by atoms with Gasteiger partial charge in [-0.3, -0.25) is 10.1 Å². The highest BCUT2D eigenvalue weighted by Gasteiger charge is 2.09. The normalized spacial score (nSPS) is 10.6. The Hall–Kier alpha value is -2.82. The molecule has 2 aromatic carbocycles. The fraction of sp³-hybridized carbons (Fsp3) is 0.125. The molecule has 0 unspecified atom stereocenters. The lowest BCUT2D eigenvalue weighted by atomic mass is 10.1. The molecule has 108 valence electrons. The van der Waals surface area contributed by atoms with E-state index < -0.39 is 4.92 Å². The van der Waals surface area contributed by atoms with Gasteiger partial charge in [0.1, 0.15) is 11.5 Å². The molecule has 5 heteroatoms. The summed E-state index contributed by atoms with van der Waals surface area (Å²) in [6.45, 7) is 0. The van der Waals surface area contributed by atoms with Gasteiger partial charge in [0, 0.05) is 12.1 Å². The molecule has 0 saturated heterocycles. The molecule has 0 aromatic heterocycles. The first-order valence-electron chi connectivity index (χ1n) is 6.28. The SMILES string of the molecule is COc1cc(/C=C/c2ccccc2[N+](=O)[O-])cc(OC)c1. The van der Waals surface area contributed by atoms with Crippen LogP contribution in [0, 0.1) is 10.1 Å². The van der Waals surface area contributed by atoms with Crippen molar-refractivity contribution in [2.24, 2.45) is 0 Å². The number of nitro groups is 1. The van der Waals surface area contributed by atoms with Crippen molar-refractivity contribution in [1.29, 1.82) is 0 Å². The maximum Gasteiger partial charge on any atom is 0.276 e. The third kappa shape index (κ3) is 3.60. The fourth-order valence-corrected chi connectivity index (χ4v) is 1.91. The Balaban J connectivity index is 2.35. The number of nitro benzene ring substituents is 1. The average Bonchev–Trinajstić information content (AvgIpc) is 2.52. The number of methoxy groups -OCH3 is 2. The van der Waals surface area contributed by atoms with E-state index in [1.807, 2.05) is 12.1 Å². The molecule has 0 atom stereocenters. The van der Waals surface area contributed by atoms with Crippen LogP contribution in [0.25, 0.3) is 12.2 Å². The van der Waals surface area contributed by atoms with Gasteiger partial charge in [-0.15, -0.1) is 0 Å². The smallest absolute Gasteiger partial charge is 0.276 e. The van der Waals surface area contributed by atoms with Gasteiger partial charge < -0.3 is 9.47 Å². The molecular weight excluding hydrogens is 270 g/mol.